The molecule has 1 amide bonds. The van der Waals surface area contributed by atoms with Crippen LogP contribution >= 0.6 is 0 Å². The molecule has 0 aliphatic heterocycles. The molecule has 0 bridgehead atoms. The fraction of sp³-hybridized carbons (Fsp3) is 0.471. The minimum atomic E-state index is -0.508. The molecule has 1 rings (SSSR count). The van der Waals surface area contributed by atoms with Gasteiger partial charge in [-0.05, 0) is 32.4 Å². The zero-order valence-corrected chi connectivity index (χ0v) is 13.7. The Morgan fingerprint density at radius 3 is 2.64 bits per heavy atom. The van der Waals surface area contributed by atoms with E-state index in [4.69, 9.17) is 14.2 Å². The lowest BCUT2D eigenvalue weighted by Crippen LogP contribution is -2.36. The van der Waals surface area contributed by atoms with Crippen LogP contribution in [0.1, 0.15) is 31.9 Å². The number of hydrogen-bond donors (Lipinski definition) is 1. The summed E-state index contributed by atoms with van der Waals surface area (Å²) in [5, 5.41) is 2.92. The van der Waals surface area contributed by atoms with Crippen molar-refractivity contribution in [2.45, 2.75) is 32.4 Å². The molecule has 2 atom stereocenters. The van der Waals surface area contributed by atoms with Crippen LogP contribution in [0.4, 0.5) is 0 Å². The summed E-state index contributed by atoms with van der Waals surface area (Å²) in [6, 6.07) is 5.32. The molecule has 0 aliphatic carbocycles. The maximum absolute atomic E-state index is 12.1. The number of nitrogens with one attached hydrogen (secondary N) is 1. The molecule has 1 aromatic rings. The number of carbonyl (C=O) groups is 1. The zero-order chi connectivity index (χ0) is 16.5. The fourth-order valence-electron chi connectivity index (χ4n) is 1.99. The van der Waals surface area contributed by atoms with Crippen LogP contribution in [0.3, 0.4) is 0 Å². The van der Waals surface area contributed by atoms with E-state index in [9.17, 15) is 4.79 Å². The Morgan fingerprint density at radius 1 is 1.32 bits per heavy atom. The molecule has 5 heteroatoms. The molecule has 1 N–H and O–H groups in total. The fourth-order valence-corrected chi connectivity index (χ4v) is 1.99. The molecule has 0 saturated heterocycles. The highest BCUT2D eigenvalue weighted by Crippen LogP contribution is 2.29. The average molecular weight is 307 g/mol. The largest absolute Gasteiger partial charge is 0.497 e. The minimum Gasteiger partial charge on any atom is -0.497 e. The molecule has 2 unspecified atom stereocenters. The first-order chi connectivity index (χ1) is 10.5. The Morgan fingerprint density at radius 2 is 2.05 bits per heavy atom. The second-order valence-electron chi connectivity index (χ2n) is 4.93. The van der Waals surface area contributed by atoms with Crippen molar-refractivity contribution in [1.29, 1.82) is 0 Å². The number of benzene rings is 1. The summed E-state index contributed by atoms with van der Waals surface area (Å²) in [6.07, 6.45) is 1.97. The maximum Gasteiger partial charge on any atom is 0.249 e. The second kappa shape index (κ2) is 9.10. The molecule has 0 spiro atoms. The van der Waals surface area contributed by atoms with Crippen molar-refractivity contribution in [3.8, 4) is 11.5 Å². The van der Waals surface area contributed by atoms with Crippen LogP contribution in [0.5, 0.6) is 11.5 Å². The molecule has 22 heavy (non-hydrogen) atoms. The summed E-state index contributed by atoms with van der Waals surface area (Å²) >= 11 is 0. The monoisotopic (exact) mass is 307 g/mol. The molecule has 0 aromatic heterocycles. The van der Waals surface area contributed by atoms with E-state index in [0.29, 0.717) is 18.1 Å². The molecule has 122 valence electrons. The second-order valence-corrected chi connectivity index (χ2v) is 4.93. The lowest BCUT2D eigenvalue weighted by atomic mass is 10.1. The van der Waals surface area contributed by atoms with Gasteiger partial charge in [-0.25, -0.2) is 0 Å². The van der Waals surface area contributed by atoms with Gasteiger partial charge in [-0.2, -0.15) is 0 Å². The third kappa shape index (κ3) is 5.07. The summed E-state index contributed by atoms with van der Waals surface area (Å²) < 4.78 is 16.0. The zero-order valence-electron chi connectivity index (χ0n) is 13.7. The summed E-state index contributed by atoms with van der Waals surface area (Å²) in [6.45, 7) is 7.74. The van der Waals surface area contributed by atoms with Crippen LogP contribution in [0.25, 0.3) is 0 Å². The first-order valence-corrected chi connectivity index (χ1v) is 7.28. The van der Waals surface area contributed by atoms with Gasteiger partial charge in [0, 0.05) is 11.6 Å². The van der Waals surface area contributed by atoms with E-state index in [1.807, 2.05) is 19.1 Å². The quantitative estimate of drug-likeness (QED) is 0.563. The predicted molar refractivity (Wildman–Crippen MR) is 86.3 cm³/mol. The number of amides is 1. The van der Waals surface area contributed by atoms with Gasteiger partial charge in [0.05, 0.1) is 26.9 Å². The van der Waals surface area contributed by atoms with Gasteiger partial charge in [0.1, 0.15) is 17.6 Å². The van der Waals surface area contributed by atoms with Crippen molar-refractivity contribution in [2.24, 2.45) is 0 Å². The Hall–Kier alpha value is -2.01. The van der Waals surface area contributed by atoms with E-state index in [0.717, 1.165) is 12.0 Å². The smallest absolute Gasteiger partial charge is 0.249 e. The van der Waals surface area contributed by atoms with E-state index in [1.54, 1.807) is 33.3 Å². The van der Waals surface area contributed by atoms with Crippen LogP contribution in [0.15, 0.2) is 30.9 Å². The van der Waals surface area contributed by atoms with Crippen molar-refractivity contribution in [2.75, 3.05) is 20.8 Å². The van der Waals surface area contributed by atoms with Gasteiger partial charge in [-0.15, -0.1) is 6.58 Å². The summed E-state index contributed by atoms with van der Waals surface area (Å²) in [5.41, 5.74) is 0.884. The molecule has 0 radical (unpaired) electrons. The lowest BCUT2D eigenvalue weighted by molar-refractivity contribution is -0.132. The molecule has 0 fully saturated rings. The summed E-state index contributed by atoms with van der Waals surface area (Å²) in [5.74, 6) is 1.22. The number of methoxy groups -OCH3 is 2. The Balaban J connectivity index is 2.69. The van der Waals surface area contributed by atoms with Gasteiger partial charge in [0.15, 0.2) is 0 Å². The predicted octanol–water partition coefficient (Wildman–Crippen LogP) is 2.86. The van der Waals surface area contributed by atoms with Crippen LogP contribution in [0.2, 0.25) is 0 Å². The first-order valence-electron chi connectivity index (χ1n) is 7.28. The van der Waals surface area contributed by atoms with Crippen molar-refractivity contribution in [3.05, 3.63) is 36.4 Å². The maximum atomic E-state index is 12.1. The van der Waals surface area contributed by atoms with Crippen LogP contribution in [-0.2, 0) is 9.53 Å². The van der Waals surface area contributed by atoms with Gasteiger partial charge in [-0.1, -0.05) is 6.08 Å². The highest BCUT2D eigenvalue weighted by molar-refractivity contribution is 5.80. The van der Waals surface area contributed by atoms with E-state index in [1.165, 1.54) is 0 Å². The van der Waals surface area contributed by atoms with Crippen LogP contribution < -0.4 is 14.8 Å². The van der Waals surface area contributed by atoms with Gasteiger partial charge in [0.2, 0.25) is 5.91 Å². The SMILES string of the molecule is C=CCCOC(C)C(=O)NC(C)c1ccc(OC)cc1OC. The number of rotatable bonds is 9. The minimum absolute atomic E-state index is 0.158. The third-order valence-corrected chi connectivity index (χ3v) is 3.32. The number of ether oxygens (including phenoxy) is 3. The first kappa shape index (κ1) is 18.0. The lowest BCUT2D eigenvalue weighted by Gasteiger charge is -2.20. The van der Waals surface area contributed by atoms with Gasteiger partial charge in [-0.3, -0.25) is 4.79 Å². The Labute approximate surface area is 132 Å². The van der Waals surface area contributed by atoms with Crippen molar-refractivity contribution in [1.82, 2.24) is 5.32 Å². The summed E-state index contributed by atoms with van der Waals surface area (Å²) in [4.78, 5) is 12.1. The Kier molecular flexibility index (Phi) is 7.46. The van der Waals surface area contributed by atoms with Crippen molar-refractivity contribution >= 4 is 5.91 Å². The molecule has 1 aromatic carbocycles. The van der Waals surface area contributed by atoms with E-state index < -0.39 is 6.10 Å². The average Bonchev–Trinajstić information content (AvgIpc) is 2.53. The van der Waals surface area contributed by atoms with Crippen molar-refractivity contribution in [3.63, 3.8) is 0 Å². The molecule has 0 saturated carbocycles. The third-order valence-electron chi connectivity index (χ3n) is 3.32. The molecule has 0 heterocycles. The highest BCUT2D eigenvalue weighted by Gasteiger charge is 2.19. The van der Waals surface area contributed by atoms with Crippen LogP contribution in [-0.4, -0.2) is 32.8 Å². The molecule has 0 aliphatic rings. The van der Waals surface area contributed by atoms with E-state index in [2.05, 4.69) is 11.9 Å². The molecular weight excluding hydrogens is 282 g/mol. The van der Waals surface area contributed by atoms with Gasteiger partial charge in [0.25, 0.3) is 0 Å². The van der Waals surface area contributed by atoms with E-state index >= 15 is 0 Å². The number of hydrogen-bond acceptors (Lipinski definition) is 4. The van der Waals surface area contributed by atoms with Gasteiger partial charge >= 0.3 is 0 Å². The standard InChI is InChI=1S/C17H25NO4/c1-6-7-10-22-13(3)17(19)18-12(2)15-9-8-14(20-4)11-16(15)21-5/h6,8-9,11-13H,1,7,10H2,2-5H3,(H,18,19). The molecule has 5 nitrogen and oxygen atoms in total. The Bertz CT molecular complexity index is 501. The van der Waals surface area contributed by atoms with Crippen LogP contribution in [0, 0.1) is 0 Å². The molecular formula is C17H25NO4. The van der Waals surface area contributed by atoms with Crippen molar-refractivity contribution < 1.29 is 19.0 Å². The topological polar surface area (TPSA) is 56.8 Å². The normalized spacial score (nSPS) is 13.1. The highest BCUT2D eigenvalue weighted by atomic mass is 16.5. The number of carbonyl (C=O) groups excluding carboxylic acids is 1. The van der Waals surface area contributed by atoms with E-state index in [-0.39, 0.29) is 11.9 Å². The summed E-state index contributed by atoms with van der Waals surface area (Å²) in [7, 11) is 3.19. The van der Waals surface area contributed by atoms with Gasteiger partial charge < -0.3 is 19.5 Å².